The number of hydrogen-bond donors (Lipinski definition) is 0. The highest BCUT2D eigenvalue weighted by Gasteiger charge is 2.24. The molecule has 1 atom stereocenters. The zero-order valence-corrected chi connectivity index (χ0v) is 12.5. The molecule has 1 aliphatic rings. The SMILES string of the molecule is CSCCC(=O)N1CCO[C@H](Cc2cccc(F)c2)C1. The third kappa shape index (κ3) is 4.49. The summed E-state index contributed by atoms with van der Waals surface area (Å²) in [4.78, 5) is 13.9. The van der Waals surface area contributed by atoms with E-state index >= 15 is 0 Å². The van der Waals surface area contributed by atoms with E-state index < -0.39 is 0 Å². The largest absolute Gasteiger partial charge is 0.374 e. The normalized spacial score (nSPS) is 19.1. The van der Waals surface area contributed by atoms with Crippen molar-refractivity contribution in [1.29, 1.82) is 0 Å². The van der Waals surface area contributed by atoms with Crippen LogP contribution < -0.4 is 0 Å². The Morgan fingerprint density at radius 2 is 2.40 bits per heavy atom. The van der Waals surface area contributed by atoms with Gasteiger partial charge in [0.1, 0.15) is 5.82 Å². The predicted molar refractivity (Wildman–Crippen MR) is 79.4 cm³/mol. The minimum atomic E-state index is -0.230. The third-order valence-electron chi connectivity index (χ3n) is 3.36. The first kappa shape index (κ1) is 15.3. The van der Waals surface area contributed by atoms with Gasteiger partial charge in [0.2, 0.25) is 5.91 Å². The van der Waals surface area contributed by atoms with Gasteiger partial charge < -0.3 is 9.64 Å². The molecule has 1 heterocycles. The van der Waals surface area contributed by atoms with Gasteiger partial charge in [-0.25, -0.2) is 4.39 Å². The van der Waals surface area contributed by atoms with Crippen LogP contribution in [-0.2, 0) is 16.0 Å². The number of amides is 1. The minimum Gasteiger partial charge on any atom is -0.374 e. The van der Waals surface area contributed by atoms with Crippen molar-refractivity contribution in [3.05, 3.63) is 35.6 Å². The maximum absolute atomic E-state index is 13.2. The lowest BCUT2D eigenvalue weighted by Gasteiger charge is -2.33. The Morgan fingerprint density at radius 3 is 3.15 bits per heavy atom. The van der Waals surface area contributed by atoms with Crippen LogP contribution in [0.5, 0.6) is 0 Å². The maximum Gasteiger partial charge on any atom is 0.223 e. The molecular formula is C15H20FNO2S. The van der Waals surface area contributed by atoms with E-state index in [1.54, 1.807) is 17.8 Å². The zero-order valence-electron chi connectivity index (χ0n) is 11.7. The summed E-state index contributed by atoms with van der Waals surface area (Å²) < 4.78 is 18.8. The smallest absolute Gasteiger partial charge is 0.223 e. The number of nitrogens with zero attached hydrogens (tertiary/aromatic N) is 1. The van der Waals surface area contributed by atoms with Crippen LogP contribution in [0.25, 0.3) is 0 Å². The Bertz CT molecular complexity index is 455. The van der Waals surface area contributed by atoms with Gasteiger partial charge in [-0.3, -0.25) is 4.79 Å². The highest BCUT2D eigenvalue weighted by Crippen LogP contribution is 2.14. The summed E-state index contributed by atoms with van der Waals surface area (Å²) in [5.74, 6) is 0.809. The summed E-state index contributed by atoms with van der Waals surface area (Å²) in [7, 11) is 0. The van der Waals surface area contributed by atoms with Gasteiger partial charge in [-0.15, -0.1) is 0 Å². The van der Waals surface area contributed by atoms with Gasteiger partial charge in [0, 0.05) is 31.7 Å². The molecule has 3 nitrogen and oxygen atoms in total. The van der Waals surface area contributed by atoms with E-state index in [2.05, 4.69) is 0 Å². The molecule has 110 valence electrons. The Labute approximate surface area is 123 Å². The van der Waals surface area contributed by atoms with Crippen molar-refractivity contribution in [3.63, 3.8) is 0 Å². The number of hydrogen-bond acceptors (Lipinski definition) is 3. The lowest BCUT2D eigenvalue weighted by Crippen LogP contribution is -2.46. The number of halogens is 1. The summed E-state index contributed by atoms with van der Waals surface area (Å²) in [6, 6.07) is 6.55. The summed E-state index contributed by atoms with van der Waals surface area (Å²) in [6.07, 6.45) is 3.18. The molecule has 0 bridgehead atoms. The zero-order chi connectivity index (χ0) is 14.4. The van der Waals surface area contributed by atoms with E-state index in [1.807, 2.05) is 17.2 Å². The fourth-order valence-corrected chi connectivity index (χ4v) is 2.72. The fraction of sp³-hybridized carbons (Fsp3) is 0.533. The molecule has 0 radical (unpaired) electrons. The Kier molecular flexibility index (Phi) is 5.86. The molecule has 0 saturated carbocycles. The molecule has 0 N–H and O–H groups in total. The summed E-state index contributed by atoms with van der Waals surface area (Å²) >= 11 is 1.68. The van der Waals surface area contributed by atoms with Crippen LogP contribution in [0.2, 0.25) is 0 Å². The second kappa shape index (κ2) is 7.64. The molecule has 20 heavy (non-hydrogen) atoms. The molecule has 5 heteroatoms. The molecule has 1 aliphatic heterocycles. The average Bonchev–Trinajstić information content (AvgIpc) is 2.45. The van der Waals surface area contributed by atoms with Gasteiger partial charge >= 0.3 is 0 Å². The van der Waals surface area contributed by atoms with Crippen molar-refractivity contribution in [2.75, 3.05) is 31.7 Å². The van der Waals surface area contributed by atoms with Crippen molar-refractivity contribution < 1.29 is 13.9 Å². The van der Waals surface area contributed by atoms with Crippen LogP contribution in [0.4, 0.5) is 4.39 Å². The molecule has 1 fully saturated rings. The van der Waals surface area contributed by atoms with Gasteiger partial charge in [-0.2, -0.15) is 11.8 Å². The number of rotatable bonds is 5. The number of ether oxygens (including phenoxy) is 1. The molecule has 0 aliphatic carbocycles. The number of morpholine rings is 1. The molecule has 0 spiro atoms. The van der Waals surface area contributed by atoms with Crippen LogP contribution in [0, 0.1) is 5.82 Å². The van der Waals surface area contributed by atoms with E-state index in [0.29, 0.717) is 32.5 Å². The van der Waals surface area contributed by atoms with Gasteiger partial charge in [-0.05, 0) is 24.0 Å². The molecule has 1 amide bonds. The monoisotopic (exact) mass is 297 g/mol. The van der Waals surface area contributed by atoms with Crippen LogP contribution in [0.15, 0.2) is 24.3 Å². The molecule has 1 aromatic rings. The molecular weight excluding hydrogens is 277 g/mol. The second-order valence-corrected chi connectivity index (χ2v) is 5.89. The quantitative estimate of drug-likeness (QED) is 0.835. The summed E-state index contributed by atoms with van der Waals surface area (Å²) in [5, 5.41) is 0. The number of carbonyl (C=O) groups excluding carboxylic acids is 1. The van der Waals surface area contributed by atoms with Crippen LogP contribution in [0.3, 0.4) is 0 Å². The lowest BCUT2D eigenvalue weighted by molar-refractivity contribution is -0.138. The molecule has 1 saturated heterocycles. The number of benzene rings is 1. The van der Waals surface area contributed by atoms with Crippen molar-refractivity contribution in [2.45, 2.75) is 18.9 Å². The highest BCUT2D eigenvalue weighted by atomic mass is 32.2. The van der Waals surface area contributed by atoms with E-state index in [4.69, 9.17) is 4.74 Å². The standard InChI is InChI=1S/C15H20FNO2S/c1-20-8-5-15(18)17-6-7-19-14(11-17)10-12-3-2-4-13(16)9-12/h2-4,9,14H,5-8,10-11H2,1H3/t14-/m1/s1. The van der Waals surface area contributed by atoms with E-state index in [1.165, 1.54) is 12.1 Å². The number of carbonyl (C=O) groups is 1. The molecule has 2 rings (SSSR count). The van der Waals surface area contributed by atoms with E-state index in [0.717, 1.165) is 11.3 Å². The second-order valence-electron chi connectivity index (χ2n) is 4.91. The van der Waals surface area contributed by atoms with Crippen LogP contribution >= 0.6 is 11.8 Å². The molecule has 0 unspecified atom stereocenters. The third-order valence-corrected chi connectivity index (χ3v) is 3.98. The van der Waals surface area contributed by atoms with E-state index in [9.17, 15) is 9.18 Å². The first-order valence-corrected chi connectivity index (χ1v) is 8.21. The molecule has 1 aromatic carbocycles. The Hall–Kier alpha value is -1.07. The van der Waals surface area contributed by atoms with E-state index in [-0.39, 0.29) is 17.8 Å². The van der Waals surface area contributed by atoms with Gasteiger partial charge in [0.25, 0.3) is 0 Å². The Morgan fingerprint density at radius 1 is 1.55 bits per heavy atom. The highest BCUT2D eigenvalue weighted by molar-refractivity contribution is 7.98. The van der Waals surface area contributed by atoms with Gasteiger partial charge in [0.15, 0.2) is 0 Å². The fourth-order valence-electron chi connectivity index (χ4n) is 2.34. The predicted octanol–water partition coefficient (Wildman–Crippen LogP) is 2.35. The lowest BCUT2D eigenvalue weighted by atomic mass is 10.1. The van der Waals surface area contributed by atoms with Crippen LogP contribution in [0.1, 0.15) is 12.0 Å². The van der Waals surface area contributed by atoms with Crippen LogP contribution in [-0.4, -0.2) is 48.6 Å². The maximum atomic E-state index is 13.2. The first-order valence-electron chi connectivity index (χ1n) is 6.82. The summed E-state index contributed by atoms with van der Waals surface area (Å²) in [5.41, 5.74) is 0.911. The molecule has 0 aromatic heterocycles. The number of thioether (sulfide) groups is 1. The van der Waals surface area contributed by atoms with Crippen molar-refractivity contribution >= 4 is 17.7 Å². The van der Waals surface area contributed by atoms with Crippen molar-refractivity contribution in [2.24, 2.45) is 0 Å². The van der Waals surface area contributed by atoms with Crippen molar-refractivity contribution in [1.82, 2.24) is 4.90 Å². The first-order chi connectivity index (χ1) is 9.69. The van der Waals surface area contributed by atoms with Gasteiger partial charge in [0.05, 0.1) is 12.7 Å². The topological polar surface area (TPSA) is 29.5 Å². The average molecular weight is 297 g/mol. The van der Waals surface area contributed by atoms with Gasteiger partial charge in [-0.1, -0.05) is 12.1 Å². The summed E-state index contributed by atoms with van der Waals surface area (Å²) in [6.45, 7) is 1.82. The Balaban J connectivity index is 1.88. The van der Waals surface area contributed by atoms with Crippen molar-refractivity contribution in [3.8, 4) is 0 Å². The minimum absolute atomic E-state index is 0.0382.